The van der Waals surface area contributed by atoms with E-state index in [0.717, 1.165) is 48.9 Å². The molecule has 3 aromatic rings. The van der Waals surface area contributed by atoms with Crippen molar-refractivity contribution in [3.8, 4) is 11.1 Å². The van der Waals surface area contributed by atoms with Gasteiger partial charge in [-0.3, -0.25) is 14.3 Å². The van der Waals surface area contributed by atoms with Gasteiger partial charge in [0.25, 0.3) is 0 Å². The molecule has 2 aromatic heterocycles. The average molecular weight is 575 g/mol. The first-order chi connectivity index (χ1) is 19.8. The quantitative estimate of drug-likeness (QED) is 0.300. The van der Waals surface area contributed by atoms with E-state index in [-0.39, 0.29) is 0 Å². The van der Waals surface area contributed by atoms with Crippen LogP contribution >= 0.6 is 9.39 Å². The number of benzene rings is 1. The standard InChI is InChI=1S/C30H35N4O2P.2C2H6/c1-19(21(3)33-14-11-23(12-15-33)22-4-6-24(7-5-22)30(35)36)16-28-20(2)31-13-10-27(28)25-8-9-29-26(17-25)18-32-34(29)37;2*1-2/h4,6,8-10,13,16-18,21,23H,5,7,11-12,14-15,37H2,1-3H3,(H,35,36);2*1-2H3/b19-16+;;. The molecule has 0 spiro atoms. The van der Waals surface area contributed by atoms with E-state index in [1.165, 1.54) is 27.8 Å². The number of aliphatic carboxylic acids is 1. The number of rotatable bonds is 6. The number of carboxylic acids is 1. The zero-order chi connectivity index (χ0) is 30.1. The van der Waals surface area contributed by atoms with E-state index in [2.05, 4.69) is 81.6 Å². The summed E-state index contributed by atoms with van der Waals surface area (Å²) in [6.07, 6.45) is 13.8. The Labute approximate surface area is 248 Å². The van der Waals surface area contributed by atoms with Gasteiger partial charge in [0.05, 0.1) is 11.7 Å². The lowest BCUT2D eigenvalue weighted by molar-refractivity contribution is -0.132. The predicted molar refractivity (Wildman–Crippen MR) is 176 cm³/mol. The number of aryl methyl sites for hydroxylation is 1. The number of nitrogens with zero attached hydrogens (tertiary/aromatic N) is 4. The second-order valence-electron chi connectivity index (χ2n) is 10.3. The fraction of sp³-hybridized carbons (Fsp3) is 0.441. The van der Waals surface area contributed by atoms with Crippen LogP contribution in [0.1, 0.15) is 78.5 Å². The van der Waals surface area contributed by atoms with Crippen LogP contribution in [0, 0.1) is 12.8 Å². The smallest absolute Gasteiger partial charge is 0.331 e. The van der Waals surface area contributed by atoms with Gasteiger partial charge in [-0.2, -0.15) is 5.10 Å². The molecule has 2 unspecified atom stereocenters. The second kappa shape index (κ2) is 15.2. The second-order valence-corrected chi connectivity index (χ2v) is 10.8. The van der Waals surface area contributed by atoms with E-state index in [1.54, 1.807) is 0 Å². The lowest BCUT2D eigenvalue weighted by atomic mass is 9.83. The summed E-state index contributed by atoms with van der Waals surface area (Å²) in [4.78, 5) is 18.4. The largest absolute Gasteiger partial charge is 0.478 e. The molecular weight excluding hydrogens is 527 g/mol. The molecule has 3 heterocycles. The lowest BCUT2D eigenvalue weighted by Crippen LogP contribution is -2.40. The molecule has 0 saturated carbocycles. The molecule has 2 atom stereocenters. The van der Waals surface area contributed by atoms with Gasteiger partial charge in [-0.05, 0) is 104 Å². The Morgan fingerprint density at radius 2 is 1.80 bits per heavy atom. The predicted octanol–water partition coefficient (Wildman–Crippen LogP) is 8.33. The molecule has 0 amide bonds. The number of carbonyl (C=O) groups is 1. The molecule has 41 heavy (non-hydrogen) atoms. The van der Waals surface area contributed by atoms with Crippen LogP contribution in [0.25, 0.3) is 28.1 Å². The fourth-order valence-corrected chi connectivity index (χ4v) is 6.00. The third-order valence-electron chi connectivity index (χ3n) is 8.18. The topological polar surface area (TPSA) is 71.2 Å². The van der Waals surface area contributed by atoms with Crippen molar-refractivity contribution >= 4 is 32.3 Å². The van der Waals surface area contributed by atoms with Gasteiger partial charge in [-0.25, -0.2) is 4.79 Å². The Hall–Kier alpha value is -3.08. The summed E-state index contributed by atoms with van der Waals surface area (Å²) in [5, 5.41) is 14.7. The summed E-state index contributed by atoms with van der Waals surface area (Å²) in [7, 11) is 2.63. The molecule has 1 fully saturated rings. The van der Waals surface area contributed by atoms with Gasteiger partial charge in [0.2, 0.25) is 0 Å². The minimum Gasteiger partial charge on any atom is -0.478 e. The summed E-state index contributed by atoms with van der Waals surface area (Å²) in [5.41, 5.74) is 8.94. The van der Waals surface area contributed by atoms with Crippen LogP contribution in [0.5, 0.6) is 0 Å². The number of likely N-dealkylation sites (tertiary alicyclic amines) is 1. The Morgan fingerprint density at radius 1 is 1.10 bits per heavy atom. The van der Waals surface area contributed by atoms with Crippen LogP contribution in [0.2, 0.25) is 0 Å². The third kappa shape index (κ3) is 7.61. The van der Waals surface area contributed by atoms with Gasteiger partial charge in [-0.1, -0.05) is 63.1 Å². The highest BCUT2D eigenvalue weighted by atomic mass is 31.0. The zero-order valence-corrected chi connectivity index (χ0v) is 27.0. The van der Waals surface area contributed by atoms with E-state index < -0.39 is 5.97 Å². The van der Waals surface area contributed by atoms with Gasteiger partial charge in [-0.15, -0.1) is 0 Å². The molecule has 0 bridgehead atoms. The van der Waals surface area contributed by atoms with Crippen LogP contribution < -0.4 is 0 Å². The van der Waals surface area contributed by atoms with Crippen LogP contribution in [0.3, 0.4) is 0 Å². The van der Waals surface area contributed by atoms with E-state index in [4.69, 9.17) is 0 Å². The highest BCUT2D eigenvalue weighted by Gasteiger charge is 2.27. The molecule has 7 heteroatoms. The van der Waals surface area contributed by atoms with E-state index in [0.29, 0.717) is 24.0 Å². The molecule has 1 aliphatic carbocycles. The van der Waals surface area contributed by atoms with Crippen LogP contribution in [-0.4, -0.2) is 49.6 Å². The van der Waals surface area contributed by atoms with Crippen molar-refractivity contribution in [3.05, 3.63) is 76.8 Å². The first-order valence-electron chi connectivity index (χ1n) is 15.1. The lowest BCUT2D eigenvalue weighted by Gasteiger charge is -2.38. The van der Waals surface area contributed by atoms with Crippen LogP contribution in [-0.2, 0) is 4.79 Å². The van der Waals surface area contributed by atoms with Crippen molar-refractivity contribution in [1.82, 2.24) is 19.4 Å². The van der Waals surface area contributed by atoms with E-state index in [1.807, 2.05) is 50.6 Å². The summed E-state index contributed by atoms with van der Waals surface area (Å²) in [6, 6.07) is 8.93. The zero-order valence-electron chi connectivity index (χ0n) is 25.8. The monoisotopic (exact) mass is 574 g/mol. The highest BCUT2D eigenvalue weighted by molar-refractivity contribution is 7.14. The first-order valence-corrected chi connectivity index (χ1v) is 15.6. The minimum atomic E-state index is -0.787. The third-order valence-corrected chi connectivity index (χ3v) is 8.60. The van der Waals surface area contributed by atoms with Crippen LogP contribution in [0.15, 0.2) is 65.5 Å². The Kier molecular flexibility index (Phi) is 12.1. The van der Waals surface area contributed by atoms with Crippen molar-refractivity contribution in [2.24, 2.45) is 5.92 Å². The van der Waals surface area contributed by atoms with Gasteiger partial charge in [0.1, 0.15) is 0 Å². The van der Waals surface area contributed by atoms with E-state index >= 15 is 0 Å². The summed E-state index contributed by atoms with van der Waals surface area (Å²) < 4.78 is 1.82. The maximum Gasteiger partial charge on any atom is 0.331 e. The van der Waals surface area contributed by atoms with Crippen molar-refractivity contribution in [2.75, 3.05) is 13.1 Å². The van der Waals surface area contributed by atoms with Crippen molar-refractivity contribution in [3.63, 3.8) is 0 Å². The highest BCUT2D eigenvalue weighted by Crippen LogP contribution is 2.34. The maximum absolute atomic E-state index is 11.2. The number of pyridine rings is 1. The number of aromatic nitrogens is 3. The summed E-state index contributed by atoms with van der Waals surface area (Å²) >= 11 is 0. The van der Waals surface area contributed by atoms with Gasteiger partial charge >= 0.3 is 5.97 Å². The molecule has 220 valence electrons. The van der Waals surface area contributed by atoms with Crippen molar-refractivity contribution in [1.29, 1.82) is 0 Å². The number of piperidine rings is 1. The number of hydrogen-bond donors (Lipinski definition) is 1. The molecule has 1 aliphatic heterocycles. The van der Waals surface area contributed by atoms with Crippen molar-refractivity contribution < 1.29 is 9.90 Å². The van der Waals surface area contributed by atoms with Crippen LogP contribution in [0.4, 0.5) is 0 Å². The molecule has 5 rings (SSSR count). The number of carboxylic acid groups (broad SMARTS) is 1. The first kappa shape index (κ1) is 32.4. The van der Waals surface area contributed by atoms with Gasteiger partial charge < -0.3 is 5.11 Å². The van der Waals surface area contributed by atoms with Crippen molar-refractivity contribution in [2.45, 2.75) is 80.2 Å². The molecule has 2 aliphatic rings. The molecule has 0 radical (unpaired) electrons. The normalized spacial score (nSPS) is 17.0. The number of fused-ring (bicyclic) bond motifs is 1. The molecule has 1 N–H and O–H groups in total. The number of hydrogen-bond acceptors (Lipinski definition) is 4. The minimum absolute atomic E-state index is 0.338. The Balaban J connectivity index is 0.00000111. The maximum atomic E-state index is 11.2. The molecule has 6 nitrogen and oxygen atoms in total. The van der Waals surface area contributed by atoms with Gasteiger partial charge in [0.15, 0.2) is 0 Å². The molecule has 1 aromatic carbocycles. The SMILES string of the molecule is C/C(=C\c1c(-c2ccc3c(cnn3P)c2)ccnc1C)C(C)N1CCC(C2=CC=C(C(=O)O)CC2)CC1.CC.CC. The number of allylic oxidation sites excluding steroid dienone is 3. The summed E-state index contributed by atoms with van der Waals surface area (Å²) in [5.74, 6) is -0.225. The van der Waals surface area contributed by atoms with Gasteiger partial charge in [0, 0.05) is 34.5 Å². The van der Waals surface area contributed by atoms with E-state index in [9.17, 15) is 9.90 Å². The molecular formula is C34H47N4O2P. The fourth-order valence-electron chi connectivity index (χ4n) is 5.70. The Bertz CT molecular complexity index is 1430. The summed E-state index contributed by atoms with van der Waals surface area (Å²) in [6.45, 7) is 16.7. The average Bonchev–Trinajstić information content (AvgIpc) is 3.39. The Morgan fingerprint density at radius 3 is 2.44 bits per heavy atom. The molecule has 1 saturated heterocycles.